The van der Waals surface area contributed by atoms with Crippen LogP contribution in [0.3, 0.4) is 0 Å². The second kappa shape index (κ2) is 8.72. The molecule has 0 aliphatic carbocycles. The highest BCUT2D eigenvalue weighted by atomic mass is 35.5. The van der Waals surface area contributed by atoms with Gasteiger partial charge >= 0.3 is 0 Å². The Hall–Kier alpha value is -2.11. The van der Waals surface area contributed by atoms with Gasteiger partial charge in [-0.05, 0) is 49.1 Å². The lowest BCUT2D eigenvalue weighted by Crippen LogP contribution is -2.20. The number of ketones is 2. The molecule has 0 bridgehead atoms. The van der Waals surface area contributed by atoms with E-state index in [9.17, 15) is 9.59 Å². The summed E-state index contributed by atoms with van der Waals surface area (Å²) in [5.74, 6) is -1.29. The van der Waals surface area contributed by atoms with Crippen LogP contribution in [0.5, 0.6) is 0 Å². The molecule has 0 saturated carbocycles. The monoisotopic (exact) mass is 390 g/mol. The third kappa shape index (κ3) is 4.25. The van der Waals surface area contributed by atoms with E-state index in [2.05, 4.69) is 10.3 Å². The average molecular weight is 391 g/mol. The van der Waals surface area contributed by atoms with Crippen molar-refractivity contribution in [2.24, 2.45) is 5.92 Å². The number of halogens is 2. The molecule has 1 aromatic carbocycles. The molecule has 1 aliphatic rings. The molecule has 6 heteroatoms. The van der Waals surface area contributed by atoms with Crippen molar-refractivity contribution >= 4 is 23.2 Å². The third-order valence-electron chi connectivity index (χ3n) is 5.17. The largest absolute Gasteiger partial charge is 0.316 e. The lowest BCUT2D eigenvalue weighted by molar-refractivity contribution is -0.122. The van der Waals surface area contributed by atoms with Crippen molar-refractivity contribution in [2.45, 2.75) is 32.1 Å². The average Bonchev–Trinajstić information content (AvgIpc) is 3.22. The minimum atomic E-state index is -0.638. The van der Waals surface area contributed by atoms with Crippen molar-refractivity contribution in [3.8, 4) is 0 Å². The van der Waals surface area contributed by atoms with Gasteiger partial charge in [-0.1, -0.05) is 24.6 Å². The van der Waals surface area contributed by atoms with Crippen LogP contribution in [0.4, 0.5) is 4.39 Å². The Morgan fingerprint density at radius 1 is 1.41 bits per heavy atom. The van der Waals surface area contributed by atoms with E-state index in [0.717, 1.165) is 13.0 Å². The highest BCUT2D eigenvalue weighted by Crippen LogP contribution is 2.33. The fourth-order valence-electron chi connectivity index (χ4n) is 3.55. The van der Waals surface area contributed by atoms with Crippen LogP contribution in [0.2, 0.25) is 5.02 Å². The van der Waals surface area contributed by atoms with Crippen LogP contribution >= 0.6 is 11.6 Å². The van der Waals surface area contributed by atoms with Crippen molar-refractivity contribution in [3.63, 3.8) is 0 Å². The predicted molar refractivity (Wildman–Crippen MR) is 105 cm³/mol. The number of Topliss-reactive ketones (excluding diaryl/α,β-unsaturated/α-hetero) is 1. The zero-order chi connectivity index (χ0) is 19.4. The minimum absolute atomic E-state index is 0. The van der Waals surface area contributed by atoms with Crippen LogP contribution in [0, 0.1) is 11.7 Å². The SMILES string of the molecule is CC[C@H](CC(=O)C1CCNC1)c1ccc(Cl)c(C(=O)c2cccnc2)c1F.[HH]. The number of carbonyl (C=O) groups is 2. The molecule has 1 fully saturated rings. The topological polar surface area (TPSA) is 59.1 Å². The van der Waals surface area contributed by atoms with Crippen LogP contribution in [0.1, 0.15) is 55.0 Å². The number of nitrogens with zero attached hydrogens (tertiary/aromatic N) is 1. The fraction of sp³-hybridized carbons (Fsp3) is 0.381. The Balaban J connectivity index is 0.00000280. The summed E-state index contributed by atoms with van der Waals surface area (Å²) in [5.41, 5.74) is 0.487. The van der Waals surface area contributed by atoms with E-state index < -0.39 is 11.6 Å². The van der Waals surface area contributed by atoms with Gasteiger partial charge in [-0.2, -0.15) is 0 Å². The van der Waals surface area contributed by atoms with Gasteiger partial charge in [0.2, 0.25) is 0 Å². The van der Waals surface area contributed by atoms with Crippen LogP contribution in [0.25, 0.3) is 0 Å². The van der Waals surface area contributed by atoms with Crippen molar-refractivity contribution in [2.75, 3.05) is 13.1 Å². The second-order valence-corrected chi connectivity index (χ2v) is 7.27. The minimum Gasteiger partial charge on any atom is -0.316 e. The van der Waals surface area contributed by atoms with E-state index in [1.807, 2.05) is 6.92 Å². The lowest BCUT2D eigenvalue weighted by Gasteiger charge is -2.19. The quantitative estimate of drug-likeness (QED) is 0.711. The molecule has 3 rings (SSSR count). The van der Waals surface area contributed by atoms with Gasteiger partial charge in [0, 0.05) is 38.3 Å². The Bertz CT molecular complexity index is 842. The van der Waals surface area contributed by atoms with Crippen molar-refractivity contribution in [3.05, 3.63) is 64.2 Å². The maximum atomic E-state index is 15.3. The fourth-order valence-corrected chi connectivity index (χ4v) is 3.78. The number of rotatable bonds is 7. The Morgan fingerprint density at radius 3 is 2.85 bits per heavy atom. The molecule has 144 valence electrons. The zero-order valence-electron chi connectivity index (χ0n) is 15.2. The summed E-state index contributed by atoms with van der Waals surface area (Å²) >= 11 is 6.15. The number of hydrogen-bond donors (Lipinski definition) is 1. The molecule has 1 N–H and O–H groups in total. The molecule has 0 radical (unpaired) electrons. The zero-order valence-corrected chi connectivity index (χ0v) is 15.9. The van der Waals surface area contributed by atoms with Gasteiger partial charge in [0.15, 0.2) is 5.78 Å². The molecule has 1 unspecified atom stereocenters. The van der Waals surface area contributed by atoms with Crippen LogP contribution in [-0.2, 0) is 4.79 Å². The Kier molecular flexibility index (Phi) is 6.34. The third-order valence-corrected chi connectivity index (χ3v) is 5.48. The Labute approximate surface area is 164 Å². The van der Waals surface area contributed by atoms with Crippen LogP contribution in [0.15, 0.2) is 36.7 Å². The van der Waals surface area contributed by atoms with Gasteiger partial charge in [-0.15, -0.1) is 0 Å². The molecule has 2 atom stereocenters. The first kappa shape index (κ1) is 19.6. The van der Waals surface area contributed by atoms with Gasteiger partial charge in [-0.3, -0.25) is 14.6 Å². The smallest absolute Gasteiger partial charge is 0.199 e. The molecule has 0 amide bonds. The van der Waals surface area contributed by atoms with Gasteiger partial charge in [0.1, 0.15) is 11.6 Å². The maximum absolute atomic E-state index is 15.3. The Morgan fingerprint density at radius 2 is 2.22 bits per heavy atom. The van der Waals surface area contributed by atoms with Gasteiger partial charge in [0.25, 0.3) is 0 Å². The highest BCUT2D eigenvalue weighted by Gasteiger charge is 2.28. The molecule has 2 aromatic rings. The number of carbonyl (C=O) groups excluding carboxylic acids is 2. The standard InChI is InChI=1S/C21H22ClFN2O2.H2/c1-2-13(10-18(26)14-7-9-25-11-14)16-5-6-17(22)19(20(16)23)21(27)15-4-3-8-24-12-15;/h3-6,8,12-14,25H,2,7,9-11H2,1H3;1H/t13-,14?;/m1./s1. The lowest BCUT2D eigenvalue weighted by atomic mass is 9.85. The van der Waals surface area contributed by atoms with Crippen LogP contribution < -0.4 is 5.32 Å². The van der Waals surface area contributed by atoms with E-state index in [1.54, 1.807) is 24.4 Å². The number of benzene rings is 1. The summed E-state index contributed by atoms with van der Waals surface area (Å²) in [4.78, 5) is 29.2. The molecular weight excluding hydrogens is 367 g/mol. The highest BCUT2D eigenvalue weighted by molar-refractivity contribution is 6.35. The molecule has 2 heterocycles. The molecule has 1 aliphatic heterocycles. The van der Waals surface area contributed by atoms with E-state index in [4.69, 9.17) is 11.6 Å². The first-order valence-electron chi connectivity index (χ1n) is 9.19. The summed E-state index contributed by atoms with van der Waals surface area (Å²) < 4.78 is 15.3. The number of pyridine rings is 1. The number of aromatic nitrogens is 1. The summed E-state index contributed by atoms with van der Waals surface area (Å²) in [6.45, 7) is 3.44. The molecule has 27 heavy (non-hydrogen) atoms. The van der Waals surface area contributed by atoms with Crippen LogP contribution in [-0.4, -0.2) is 29.6 Å². The second-order valence-electron chi connectivity index (χ2n) is 6.86. The van der Waals surface area contributed by atoms with Crippen molar-refractivity contribution < 1.29 is 15.4 Å². The van der Waals surface area contributed by atoms with E-state index in [0.29, 0.717) is 18.5 Å². The van der Waals surface area contributed by atoms with E-state index >= 15 is 4.39 Å². The molecule has 1 saturated heterocycles. The van der Waals surface area contributed by atoms with Crippen molar-refractivity contribution in [1.82, 2.24) is 10.3 Å². The summed E-state index contributed by atoms with van der Waals surface area (Å²) in [6.07, 6.45) is 4.62. The first-order chi connectivity index (χ1) is 13.0. The van der Waals surface area contributed by atoms with E-state index in [-0.39, 0.29) is 41.6 Å². The van der Waals surface area contributed by atoms with Gasteiger partial charge in [0.05, 0.1) is 10.6 Å². The van der Waals surface area contributed by atoms with Gasteiger partial charge in [-0.25, -0.2) is 4.39 Å². The summed E-state index contributed by atoms with van der Waals surface area (Å²) in [7, 11) is 0. The predicted octanol–water partition coefficient (Wildman–Crippen LogP) is 4.41. The van der Waals surface area contributed by atoms with Crippen molar-refractivity contribution in [1.29, 1.82) is 0 Å². The van der Waals surface area contributed by atoms with Gasteiger partial charge < -0.3 is 5.32 Å². The summed E-state index contributed by atoms with van der Waals surface area (Å²) in [6, 6.07) is 6.32. The summed E-state index contributed by atoms with van der Waals surface area (Å²) in [5, 5.41) is 3.24. The number of hydrogen-bond acceptors (Lipinski definition) is 4. The first-order valence-corrected chi connectivity index (χ1v) is 9.56. The van der Waals surface area contributed by atoms with E-state index in [1.165, 1.54) is 12.3 Å². The normalized spacial score (nSPS) is 17.7. The number of nitrogens with one attached hydrogen (secondary N) is 1. The molecule has 0 spiro atoms. The molecule has 1 aromatic heterocycles. The maximum Gasteiger partial charge on any atom is 0.199 e. The molecular formula is C21H24ClFN2O2. The molecule has 4 nitrogen and oxygen atoms in total.